The summed E-state index contributed by atoms with van der Waals surface area (Å²) in [6, 6.07) is 10.1. The maximum absolute atomic E-state index is 12.6. The molecule has 0 radical (unpaired) electrons. The van der Waals surface area contributed by atoms with Crippen molar-refractivity contribution in [1.82, 2.24) is 15.3 Å². The Morgan fingerprint density at radius 2 is 2.04 bits per heavy atom. The molecule has 1 unspecified atom stereocenters. The summed E-state index contributed by atoms with van der Waals surface area (Å²) in [5, 5.41) is 13.9. The highest BCUT2D eigenvalue weighted by molar-refractivity contribution is 8.00. The fourth-order valence-corrected chi connectivity index (χ4v) is 3.96. The number of thioether (sulfide) groups is 1. The van der Waals surface area contributed by atoms with Crippen LogP contribution in [0.2, 0.25) is 0 Å². The van der Waals surface area contributed by atoms with Gasteiger partial charge in [-0.2, -0.15) is 5.26 Å². The van der Waals surface area contributed by atoms with Crippen molar-refractivity contribution in [3.63, 3.8) is 0 Å². The summed E-state index contributed by atoms with van der Waals surface area (Å²) >= 11 is 1.41. The lowest BCUT2D eigenvalue weighted by atomic mass is 9.83. The molecule has 0 bridgehead atoms. The van der Waals surface area contributed by atoms with E-state index in [0.717, 1.165) is 48.0 Å². The van der Waals surface area contributed by atoms with E-state index in [2.05, 4.69) is 21.4 Å². The molecule has 1 aromatic carbocycles. The Balaban J connectivity index is 1.73. The summed E-state index contributed by atoms with van der Waals surface area (Å²) in [4.78, 5) is 21.2. The van der Waals surface area contributed by atoms with Crippen LogP contribution < -0.4 is 5.32 Å². The molecular formula is C18H20N4OS. The number of carbonyl (C=O) groups excluding carboxylic acids is 1. The van der Waals surface area contributed by atoms with Gasteiger partial charge in [-0.3, -0.25) is 4.79 Å². The molecule has 1 heterocycles. The molecule has 0 aliphatic heterocycles. The molecule has 1 atom stereocenters. The van der Waals surface area contributed by atoms with Crippen LogP contribution in [0, 0.1) is 11.3 Å². The predicted octanol–water partition coefficient (Wildman–Crippen LogP) is 3.45. The number of hydrogen-bond acceptors (Lipinski definition) is 5. The molecule has 1 aliphatic rings. The molecule has 3 rings (SSSR count). The maximum Gasteiger partial charge on any atom is 0.234 e. The number of aromatic nitrogens is 2. The normalized spacial score (nSPS) is 17.8. The van der Waals surface area contributed by atoms with Gasteiger partial charge >= 0.3 is 0 Å². The molecule has 24 heavy (non-hydrogen) atoms. The Morgan fingerprint density at radius 1 is 1.29 bits per heavy atom. The van der Waals surface area contributed by atoms with E-state index in [1.54, 1.807) is 0 Å². The fraction of sp³-hybridized carbons (Fsp3) is 0.444. The minimum absolute atomic E-state index is 0.105. The second-order valence-corrected chi connectivity index (χ2v) is 7.53. The van der Waals surface area contributed by atoms with Crippen LogP contribution in [0.4, 0.5) is 0 Å². The Labute approximate surface area is 145 Å². The first-order chi connectivity index (χ1) is 11.6. The lowest BCUT2D eigenvalue weighted by Gasteiger charge is -2.32. The molecule has 5 nitrogen and oxygen atoms in total. The van der Waals surface area contributed by atoms with E-state index in [0.29, 0.717) is 0 Å². The molecule has 2 aromatic rings. The zero-order valence-corrected chi connectivity index (χ0v) is 14.5. The van der Waals surface area contributed by atoms with Crippen molar-refractivity contribution in [2.24, 2.45) is 0 Å². The predicted molar refractivity (Wildman–Crippen MR) is 94.4 cm³/mol. The third-order valence-corrected chi connectivity index (χ3v) is 5.56. The van der Waals surface area contributed by atoms with Crippen LogP contribution in [-0.2, 0) is 4.79 Å². The Bertz CT molecular complexity index is 775. The summed E-state index contributed by atoms with van der Waals surface area (Å²) in [6.07, 6.45) is 6.12. The van der Waals surface area contributed by atoms with Crippen molar-refractivity contribution >= 4 is 28.6 Å². The topological polar surface area (TPSA) is 78.7 Å². The first kappa shape index (κ1) is 16.7. The van der Waals surface area contributed by atoms with Gasteiger partial charge in [0.25, 0.3) is 0 Å². The van der Waals surface area contributed by atoms with Gasteiger partial charge in [0.1, 0.15) is 16.9 Å². The average Bonchev–Trinajstić information content (AvgIpc) is 2.62. The van der Waals surface area contributed by atoms with Crippen molar-refractivity contribution in [1.29, 1.82) is 5.26 Å². The molecule has 1 aliphatic carbocycles. The molecule has 1 aromatic heterocycles. The van der Waals surface area contributed by atoms with E-state index in [4.69, 9.17) is 0 Å². The van der Waals surface area contributed by atoms with Gasteiger partial charge in [-0.05, 0) is 25.8 Å². The molecule has 6 heteroatoms. The molecule has 1 fully saturated rings. The van der Waals surface area contributed by atoms with Gasteiger partial charge in [0.05, 0.1) is 16.8 Å². The SMILES string of the molecule is CC(Sc1ncnc2ccccc12)C(=O)NC1(C#N)CCCCC1. The maximum atomic E-state index is 12.6. The van der Waals surface area contributed by atoms with Gasteiger partial charge in [0, 0.05) is 5.39 Å². The van der Waals surface area contributed by atoms with Crippen LogP contribution in [0.15, 0.2) is 35.6 Å². The second-order valence-electron chi connectivity index (χ2n) is 6.20. The fourth-order valence-electron chi connectivity index (χ4n) is 3.05. The highest BCUT2D eigenvalue weighted by Gasteiger charge is 2.35. The molecule has 124 valence electrons. The summed E-state index contributed by atoms with van der Waals surface area (Å²) in [5.74, 6) is -0.105. The third-order valence-electron chi connectivity index (χ3n) is 4.45. The van der Waals surface area contributed by atoms with Crippen LogP contribution in [0.1, 0.15) is 39.0 Å². The van der Waals surface area contributed by atoms with E-state index in [-0.39, 0.29) is 11.2 Å². The number of para-hydroxylation sites is 1. The van der Waals surface area contributed by atoms with Crippen molar-refractivity contribution in [2.45, 2.75) is 54.8 Å². The number of amides is 1. The average molecular weight is 340 g/mol. The Morgan fingerprint density at radius 3 is 2.79 bits per heavy atom. The highest BCUT2D eigenvalue weighted by Crippen LogP contribution is 2.30. The zero-order chi connectivity index (χ0) is 17.0. The van der Waals surface area contributed by atoms with Gasteiger partial charge in [0.2, 0.25) is 5.91 Å². The van der Waals surface area contributed by atoms with Gasteiger partial charge in [0.15, 0.2) is 0 Å². The van der Waals surface area contributed by atoms with Gasteiger partial charge in [-0.15, -0.1) is 0 Å². The minimum Gasteiger partial charge on any atom is -0.337 e. The van der Waals surface area contributed by atoms with Crippen LogP contribution in [0.25, 0.3) is 10.9 Å². The largest absolute Gasteiger partial charge is 0.337 e. The quantitative estimate of drug-likeness (QED) is 0.681. The first-order valence-corrected chi connectivity index (χ1v) is 9.11. The Kier molecular flexibility index (Phi) is 5.00. The lowest BCUT2D eigenvalue weighted by Crippen LogP contribution is -2.50. The van der Waals surface area contributed by atoms with Gasteiger partial charge in [-0.25, -0.2) is 9.97 Å². The summed E-state index contributed by atoms with van der Waals surface area (Å²) in [6.45, 7) is 1.85. The smallest absolute Gasteiger partial charge is 0.234 e. The van der Waals surface area contributed by atoms with E-state index >= 15 is 0 Å². The molecule has 0 saturated heterocycles. The highest BCUT2D eigenvalue weighted by atomic mass is 32.2. The van der Waals surface area contributed by atoms with Crippen molar-refractivity contribution in [3.05, 3.63) is 30.6 Å². The number of carbonyl (C=O) groups is 1. The number of nitriles is 1. The van der Waals surface area contributed by atoms with Gasteiger partial charge in [-0.1, -0.05) is 49.2 Å². The van der Waals surface area contributed by atoms with Crippen molar-refractivity contribution < 1.29 is 4.79 Å². The molecule has 1 amide bonds. The Hall–Kier alpha value is -2.13. The second kappa shape index (κ2) is 7.18. The van der Waals surface area contributed by atoms with E-state index in [9.17, 15) is 10.1 Å². The zero-order valence-electron chi connectivity index (χ0n) is 13.7. The number of benzene rings is 1. The van der Waals surface area contributed by atoms with Crippen LogP contribution >= 0.6 is 11.8 Å². The number of rotatable bonds is 4. The lowest BCUT2D eigenvalue weighted by molar-refractivity contribution is -0.121. The third kappa shape index (κ3) is 3.51. The number of nitrogens with one attached hydrogen (secondary N) is 1. The minimum atomic E-state index is -0.697. The monoisotopic (exact) mass is 340 g/mol. The van der Waals surface area contributed by atoms with Crippen LogP contribution in [0.5, 0.6) is 0 Å². The molecule has 1 N–H and O–H groups in total. The molecule has 0 spiro atoms. The van der Waals surface area contributed by atoms with Gasteiger partial charge < -0.3 is 5.32 Å². The van der Waals surface area contributed by atoms with Crippen molar-refractivity contribution in [2.75, 3.05) is 0 Å². The summed E-state index contributed by atoms with van der Waals surface area (Å²) in [5.41, 5.74) is 0.168. The van der Waals surface area contributed by atoms with Crippen molar-refractivity contribution in [3.8, 4) is 6.07 Å². The first-order valence-electron chi connectivity index (χ1n) is 8.23. The standard InChI is InChI=1S/C18H20N4OS/c1-13(16(23)22-18(11-19)9-5-2-6-10-18)24-17-14-7-3-4-8-15(14)20-12-21-17/h3-4,7-8,12-13H,2,5-6,9-10H2,1H3,(H,22,23). The summed E-state index contributed by atoms with van der Waals surface area (Å²) < 4.78 is 0. The van der Waals surface area contributed by atoms with Crippen LogP contribution in [0.3, 0.4) is 0 Å². The molecule has 1 saturated carbocycles. The number of fused-ring (bicyclic) bond motifs is 1. The molecular weight excluding hydrogens is 320 g/mol. The van der Waals surface area contributed by atoms with E-state index in [1.165, 1.54) is 18.1 Å². The van der Waals surface area contributed by atoms with E-state index in [1.807, 2.05) is 31.2 Å². The van der Waals surface area contributed by atoms with E-state index < -0.39 is 5.54 Å². The summed E-state index contributed by atoms with van der Waals surface area (Å²) in [7, 11) is 0. The number of hydrogen-bond donors (Lipinski definition) is 1. The van der Waals surface area contributed by atoms with Crippen LogP contribution in [-0.4, -0.2) is 26.7 Å². The number of nitrogens with zero attached hydrogens (tertiary/aromatic N) is 3.